The zero-order valence-electron chi connectivity index (χ0n) is 11.4. The van der Waals surface area contributed by atoms with E-state index in [9.17, 15) is 0 Å². The number of nitrogens with zero attached hydrogens (tertiary/aromatic N) is 1. The zero-order valence-corrected chi connectivity index (χ0v) is 12.2. The Balaban J connectivity index is 2.37. The maximum absolute atomic E-state index is 4.31. The molecule has 0 aliphatic carbocycles. The molecular weight excluding hydrogens is 228 g/mol. The first kappa shape index (κ1) is 14.5. The van der Waals surface area contributed by atoms with E-state index in [0.29, 0.717) is 12.0 Å². The van der Waals surface area contributed by atoms with Crippen molar-refractivity contribution in [2.24, 2.45) is 5.92 Å². The molecule has 0 saturated carbocycles. The van der Waals surface area contributed by atoms with E-state index in [1.165, 1.54) is 10.5 Å². The van der Waals surface area contributed by atoms with E-state index < -0.39 is 0 Å². The lowest BCUT2D eigenvalue weighted by Gasteiger charge is -2.09. The fourth-order valence-electron chi connectivity index (χ4n) is 1.64. The van der Waals surface area contributed by atoms with Gasteiger partial charge in [-0.2, -0.15) is 0 Å². The van der Waals surface area contributed by atoms with Crippen LogP contribution in [0.1, 0.15) is 33.3 Å². The molecule has 1 heterocycles. The first-order chi connectivity index (χ1) is 8.08. The number of aromatic nitrogens is 1. The summed E-state index contributed by atoms with van der Waals surface area (Å²) in [6.45, 7) is 9.89. The van der Waals surface area contributed by atoms with Crippen molar-refractivity contribution in [2.75, 3.05) is 12.3 Å². The number of rotatable bonds is 7. The number of thioether (sulfide) groups is 1. The summed E-state index contributed by atoms with van der Waals surface area (Å²) in [6, 6.07) is 2.84. The van der Waals surface area contributed by atoms with Gasteiger partial charge >= 0.3 is 0 Å². The third kappa shape index (κ3) is 6.69. The van der Waals surface area contributed by atoms with Gasteiger partial charge in [0.05, 0.1) is 0 Å². The summed E-state index contributed by atoms with van der Waals surface area (Å²) >= 11 is 1.88. The van der Waals surface area contributed by atoms with E-state index in [2.05, 4.69) is 44.1 Å². The maximum Gasteiger partial charge on any atom is 0.0404 e. The lowest BCUT2D eigenvalue weighted by molar-refractivity contribution is 0.616. The lowest BCUT2D eigenvalue weighted by atomic mass is 10.1. The van der Waals surface area contributed by atoms with Crippen LogP contribution in [-0.2, 0) is 6.42 Å². The molecule has 0 aliphatic heterocycles. The third-order valence-electron chi connectivity index (χ3n) is 2.34. The zero-order chi connectivity index (χ0) is 12.7. The van der Waals surface area contributed by atoms with Gasteiger partial charge in [-0.05, 0) is 24.0 Å². The van der Waals surface area contributed by atoms with Crippen LogP contribution in [0.5, 0.6) is 0 Å². The van der Waals surface area contributed by atoms with Gasteiger partial charge in [-0.25, -0.2) is 0 Å². The normalized spacial score (nSPS) is 11.4. The summed E-state index contributed by atoms with van der Waals surface area (Å²) in [4.78, 5) is 5.60. The standard InChI is InChI=1S/C14H24N2S/c1-11(2)7-13-8-14(10-15-9-13)17-6-5-16-12(3)4/h8-12,16H,5-7H2,1-4H3. The lowest BCUT2D eigenvalue weighted by Crippen LogP contribution is -2.24. The van der Waals surface area contributed by atoms with Gasteiger partial charge < -0.3 is 5.32 Å². The maximum atomic E-state index is 4.31. The Hall–Kier alpha value is -0.540. The fourth-order valence-corrected chi connectivity index (χ4v) is 2.47. The average Bonchev–Trinajstić information content (AvgIpc) is 2.24. The van der Waals surface area contributed by atoms with Gasteiger partial charge in [0, 0.05) is 35.6 Å². The first-order valence-electron chi connectivity index (χ1n) is 6.38. The third-order valence-corrected chi connectivity index (χ3v) is 3.30. The van der Waals surface area contributed by atoms with Crippen LogP contribution in [0.4, 0.5) is 0 Å². The molecule has 0 aromatic carbocycles. The van der Waals surface area contributed by atoms with E-state index in [-0.39, 0.29) is 0 Å². The van der Waals surface area contributed by atoms with Crippen molar-refractivity contribution >= 4 is 11.8 Å². The molecule has 1 aromatic heterocycles. The highest BCUT2D eigenvalue weighted by Gasteiger charge is 2.01. The molecule has 1 aromatic rings. The van der Waals surface area contributed by atoms with Gasteiger partial charge in [0.1, 0.15) is 0 Å². The molecule has 96 valence electrons. The Kier molecular flexibility index (Phi) is 6.60. The van der Waals surface area contributed by atoms with E-state index >= 15 is 0 Å². The van der Waals surface area contributed by atoms with Crippen LogP contribution in [0.3, 0.4) is 0 Å². The average molecular weight is 252 g/mol. The molecule has 1 rings (SSSR count). The quantitative estimate of drug-likeness (QED) is 0.595. The summed E-state index contributed by atoms with van der Waals surface area (Å²) in [5.41, 5.74) is 1.35. The summed E-state index contributed by atoms with van der Waals surface area (Å²) in [6.07, 6.45) is 5.06. The van der Waals surface area contributed by atoms with Crippen molar-refractivity contribution in [1.29, 1.82) is 0 Å². The van der Waals surface area contributed by atoms with E-state index in [4.69, 9.17) is 0 Å². The molecule has 0 fully saturated rings. The largest absolute Gasteiger partial charge is 0.314 e. The first-order valence-corrected chi connectivity index (χ1v) is 7.36. The van der Waals surface area contributed by atoms with E-state index in [1.54, 1.807) is 0 Å². The molecule has 0 aliphatic rings. The number of pyridine rings is 1. The van der Waals surface area contributed by atoms with Gasteiger partial charge in [-0.15, -0.1) is 11.8 Å². The summed E-state index contributed by atoms with van der Waals surface area (Å²) < 4.78 is 0. The molecule has 0 radical (unpaired) electrons. The number of hydrogen-bond donors (Lipinski definition) is 1. The molecule has 0 unspecified atom stereocenters. The second-order valence-corrected chi connectivity index (χ2v) is 6.25. The molecular formula is C14H24N2S. The topological polar surface area (TPSA) is 24.9 Å². The number of nitrogens with one attached hydrogen (secondary N) is 1. The molecule has 0 atom stereocenters. The predicted molar refractivity (Wildman–Crippen MR) is 76.6 cm³/mol. The van der Waals surface area contributed by atoms with Crippen LogP contribution in [0.15, 0.2) is 23.4 Å². The molecule has 0 amide bonds. The fraction of sp³-hybridized carbons (Fsp3) is 0.643. The van der Waals surface area contributed by atoms with Crippen molar-refractivity contribution in [3.63, 3.8) is 0 Å². The Bertz CT molecular complexity index is 324. The van der Waals surface area contributed by atoms with Gasteiger partial charge in [0.2, 0.25) is 0 Å². The van der Waals surface area contributed by atoms with Gasteiger partial charge in [-0.3, -0.25) is 4.98 Å². The van der Waals surface area contributed by atoms with Crippen molar-refractivity contribution in [3.8, 4) is 0 Å². The Morgan fingerprint density at radius 3 is 2.65 bits per heavy atom. The van der Waals surface area contributed by atoms with Crippen molar-refractivity contribution in [2.45, 2.75) is 45.1 Å². The Morgan fingerprint density at radius 2 is 2.00 bits per heavy atom. The monoisotopic (exact) mass is 252 g/mol. The van der Waals surface area contributed by atoms with Crippen LogP contribution in [0.2, 0.25) is 0 Å². The smallest absolute Gasteiger partial charge is 0.0404 e. The summed E-state index contributed by atoms with van der Waals surface area (Å²) in [5.74, 6) is 1.80. The summed E-state index contributed by atoms with van der Waals surface area (Å²) in [7, 11) is 0. The van der Waals surface area contributed by atoms with Gasteiger partial charge in [0.25, 0.3) is 0 Å². The van der Waals surface area contributed by atoms with Crippen LogP contribution in [0.25, 0.3) is 0 Å². The van der Waals surface area contributed by atoms with Crippen molar-refractivity contribution in [1.82, 2.24) is 10.3 Å². The van der Waals surface area contributed by atoms with Crippen molar-refractivity contribution in [3.05, 3.63) is 24.0 Å². The minimum Gasteiger partial charge on any atom is -0.314 e. The van der Waals surface area contributed by atoms with Crippen LogP contribution >= 0.6 is 11.8 Å². The molecule has 1 N–H and O–H groups in total. The highest BCUT2D eigenvalue weighted by Crippen LogP contribution is 2.18. The molecule has 0 bridgehead atoms. The minimum absolute atomic E-state index is 0.570. The van der Waals surface area contributed by atoms with Gasteiger partial charge in [-0.1, -0.05) is 27.7 Å². The van der Waals surface area contributed by atoms with E-state index in [0.717, 1.165) is 18.7 Å². The number of hydrogen-bond acceptors (Lipinski definition) is 3. The second kappa shape index (κ2) is 7.72. The SMILES string of the molecule is CC(C)Cc1cncc(SCCNC(C)C)c1. The van der Waals surface area contributed by atoms with E-state index in [1.807, 2.05) is 24.2 Å². The summed E-state index contributed by atoms with van der Waals surface area (Å²) in [5, 5.41) is 3.42. The minimum atomic E-state index is 0.570. The Labute approximate surface area is 110 Å². The predicted octanol–water partition coefficient (Wildman–Crippen LogP) is 3.37. The van der Waals surface area contributed by atoms with Crippen molar-refractivity contribution < 1.29 is 0 Å². The second-order valence-electron chi connectivity index (χ2n) is 5.08. The molecule has 0 spiro atoms. The van der Waals surface area contributed by atoms with Crippen LogP contribution < -0.4 is 5.32 Å². The molecule has 17 heavy (non-hydrogen) atoms. The Morgan fingerprint density at radius 1 is 1.24 bits per heavy atom. The molecule has 3 heteroatoms. The van der Waals surface area contributed by atoms with Gasteiger partial charge in [0.15, 0.2) is 0 Å². The molecule has 0 saturated heterocycles. The molecule has 2 nitrogen and oxygen atoms in total. The highest BCUT2D eigenvalue weighted by molar-refractivity contribution is 7.99. The van der Waals surface area contributed by atoms with Crippen LogP contribution in [0, 0.1) is 5.92 Å². The van der Waals surface area contributed by atoms with Crippen LogP contribution in [-0.4, -0.2) is 23.3 Å². The highest BCUT2D eigenvalue weighted by atomic mass is 32.2.